The second-order valence-corrected chi connectivity index (χ2v) is 4.34. The van der Waals surface area contributed by atoms with E-state index < -0.39 is 0 Å². The molecule has 3 aromatic rings. The van der Waals surface area contributed by atoms with Crippen molar-refractivity contribution in [1.82, 2.24) is 0 Å². The number of benzene rings is 3. The minimum Gasteiger partial charge on any atom is -0.311 e. The zero-order valence-corrected chi connectivity index (χ0v) is 11.8. The van der Waals surface area contributed by atoms with E-state index in [0.29, 0.717) is 0 Å². The molecule has 0 atom stereocenters. The number of para-hydroxylation sites is 3. The maximum absolute atomic E-state index is 4.00. The van der Waals surface area contributed by atoms with Crippen molar-refractivity contribution in [3.63, 3.8) is 0 Å². The number of nitrogens with zero attached hydrogens (tertiary/aromatic N) is 1. The summed E-state index contributed by atoms with van der Waals surface area (Å²) >= 11 is 0. The van der Waals surface area contributed by atoms with Gasteiger partial charge < -0.3 is 4.90 Å². The van der Waals surface area contributed by atoms with Crippen LogP contribution in [0.1, 0.15) is 0 Å². The second-order valence-electron chi connectivity index (χ2n) is 4.34. The van der Waals surface area contributed by atoms with E-state index in [9.17, 15) is 0 Å². The molecule has 0 bridgehead atoms. The number of hydrogen-bond donors (Lipinski definition) is 0. The third-order valence-corrected chi connectivity index (χ3v) is 3.04. The molecule has 3 rings (SSSR count). The average Bonchev–Trinajstić information content (AvgIpc) is 2.60. The van der Waals surface area contributed by atoms with Crippen LogP contribution in [0.4, 0.5) is 17.1 Å². The first-order chi connectivity index (χ1) is 10.4. The molecule has 0 aliphatic carbocycles. The van der Waals surface area contributed by atoms with E-state index in [-0.39, 0.29) is 0 Å². The Kier molecular flexibility index (Phi) is 5.20. The van der Waals surface area contributed by atoms with Crippen LogP contribution in [0.3, 0.4) is 0 Å². The Balaban J connectivity index is 0.000000774. The maximum Gasteiger partial charge on any atom is 0.0461 e. The lowest BCUT2D eigenvalue weighted by atomic mass is 10.2. The van der Waals surface area contributed by atoms with Crippen LogP contribution in [0.5, 0.6) is 0 Å². The van der Waals surface area contributed by atoms with Gasteiger partial charge in [-0.05, 0) is 36.4 Å². The van der Waals surface area contributed by atoms with Crippen LogP contribution in [-0.4, -0.2) is 0 Å². The van der Waals surface area contributed by atoms with Gasteiger partial charge in [-0.25, -0.2) is 0 Å². The number of anilines is 3. The van der Waals surface area contributed by atoms with Crippen molar-refractivity contribution >= 4 is 17.1 Å². The van der Waals surface area contributed by atoms with Crippen LogP contribution >= 0.6 is 0 Å². The van der Waals surface area contributed by atoms with Gasteiger partial charge >= 0.3 is 0 Å². The van der Waals surface area contributed by atoms with Crippen LogP contribution in [0.25, 0.3) is 0 Å². The molecule has 21 heavy (non-hydrogen) atoms. The summed E-state index contributed by atoms with van der Waals surface area (Å²) in [6, 6.07) is 31.3. The fourth-order valence-electron chi connectivity index (χ4n) is 2.18. The Hall–Kier alpha value is -2.98. The molecule has 0 unspecified atom stereocenters. The van der Waals surface area contributed by atoms with E-state index in [1.165, 1.54) is 17.1 Å². The molecule has 0 amide bonds. The monoisotopic (exact) mass is 271 g/mol. The Morgan fingerprint density at radius 3 is 0.905 bits per heavy atom. The lowest BCUT2D eigenvalue weighted by molar-refractivity contribution is 1.28. The molecule has 0 aromatic heterocycles. The van der Waals surface area contributed by atoms with E-state index in [2.05, 4.69) is 90.5 Å². The van der Waals surface area contributed by atoms with Crippen molar-refractivity contribution < 1.29 is 0 Å². The Morgan fingerprint density at radius 2 is 0.667 bits per heavy atom. The van der Waals surface area contributed by atoms with Crippen molar-refractivity contribution in [2.24, 2.45) is 0 Å². The molecular weight excluding hydrogens is 254 g/mol. The molecular formula is C20H17N. The number of hydrogen-bond acceptors (Lipinski definition) is 1. The van der Waals surface area contributed by atoms with E-state index in [1.54, 1.807) is 0 Å². The highest BCUT2D eigenvalue weighted by molar-refractivity contribution is 5.76. The molecule has 1 nitrogen and oxygen atoms in total. The van der Waals surface area contributed by atoms with Gasteiger partial charge in [-0.1, -0.05) is 54.6 Å². The molecule has 102 valence electrons. The summed E-state index contributed by atoms with van der Waals surface area (Å²) in [4.78, 5) is 2.25. The first-order valence-corrected chi connectivity index (χ1v) is 6.74. The maximum atomic E-state index is 4.00. The zero-order chi connectivity index (χ0) is 14.9. The highest BCUT2D eigenvalue weighted by atomic mass is 15.1. The first-order valence-electron chi connectivity index (χ1n) is 6.74. The van der Waals surface area contributed by atoms with Crippen LogP contribution < -0.4 is 4.90 Å². The van der Waals surface area contributed by atoms with Crippen molar-refractivity contribution in [1.29, 1.82) is 0 Å². The minimum atomic E-state index is 1.17. The predicted octanol–water partition coefficient (Wildman–Crippen LogP) is 5.41. The number of terminal acetylenes is 1. The van der Waals surface area contributed by atoms with Gasteiger partial charge in [0, 0.05) is 17.1 Å². The average molecular weight is 271 g/mol. The molecule has 0 saturated carbocycles. The lowest BCUT2D eigenvalue weighted by Crippen LogP contribution is -2.09. The largest absolute Gasteiger partial charge is 0.311 e. The molecule has 0 aliphatic heterocycles. The molecule has 0 radical (unpaired) electrons. The van der Waals surface area contributed by atoms with E-state index in [0.717, 1.165) is 0 Å². The third kappa shape index (κ3) is 3.52. The normalized spacial score (nSPS) is 9.24. The summed E-state index contributed by atoms with van der Waals surface area (Å²) in [7, 11) is 0. The summed E-state index contributed by atoms with van der Waals surface area (Å²) in [5.74, 6) is 0. The Bertz CT molecular complexity index is 563. The van der Waals surface area contributed by atoms with Crippen LogP contribution in [-0.2, 0) is 0 Å². The van der Waals surface area contributed by atoms with Crippen molar-refractivity contribution in [3.05, 3.63) is 91.0 Å². The summed E-state index contributed by atoms with van der Waals surface area (Å²) in [5, 5.41) is 0. The predicted molar refractivity (Wildman–Crippen MR) is 91.0 cm³/mol. The van der Waals surface area contributed by atoms with Crippen molar-refractivity contribution in [3.8, 4) is 12.8 Å². The summed E-state index contributed by atoms with van der Waals surface area (Å²) in [6.45, 7) is 0. The molecule has 3 aromatic carbocycles. The highest BCUT2D eigenvalue weighted by Gasteiger charge is 2.10. The zero-order valence-electron chi connectivity index (χ0n) is 11.8. The lowest BCUT2D eigenvalue weighted by Gasteiger charge is -2.25. The van der Waals surface area contributed by atoms with E-state index in [1.807, 2.05) is 18.2 Å². The van der Waals surface area contributed by atoms with Gasteiger partial charge in [-0.15, -0.1) is 12.8 Å². The Morgan fingerprint density at radius 1 is 0.429 bits per heavy atom. The van der Waals surface area contributed by atoms with Gasteiger partial charge in [-0.3, -0.25) is 0 Å². The molecule has 0 N–H and O–H groups in total. The molecule has 1 heteroatoms. The van der Waals surface area contributed by atoms with Gasteiger partial charge in [0.1, 0.15) is 0 Å². The quantitative estimate of drug-likeness (QED) is 0.576. The fourth-order valence-corrected chi connectivity index (χ4v) is 2.18. The van der Waals surface area contributed by atoms with Gasteiger partial charge in [0.2, 0.25) is 0 Å². The summed E-state index contributed by atoms with van der Waals surface area (Å²) in [6.07, 6.45) is 8.00. The molecule has 0 heterocycles. The van der Waals surface area contributed by atoms with Crippen LogP contribution in [0, 0.1) is 12.8 Å². The smallest absolute Gasteiger partial charge is 0.0461 e. The highest BCUT2D eigenvalue weighted by Crippen LogP contribution is 2.33. The third-order valence-electron chi connectivity index (χ3n) is 3.04. The van der Waals surface area contributed by atoms with E-state index >= 15 is 0 Å². The molecule has 0 saturated heterocycles. The van der Waals surface area contributed by atoms with Gasteiger partial charge in [0.15, 0.2) is 0 Å². The molecule has 0 fully saturated rings. The standard InChI is InChI=1S/C18H15N.C2H2/c1-4-10-16(11-5-1)19(17-12-6-2-7-13-17)18-14-8-3-9-15-18;1-2/h1-15H;1-2H. The topological polar surface area (TPSA) is 3.24 Å². The van der Waals surface area contributed by atoms with Crippen molar-refractivity contribution in [2.75, 3.05) is 4.90 Å². The van der Waals surface area contributed by atoms with E-state index in [4.69, 9.17) is 0 Å². The van der Waals surface area contributed by atoms with Gasteiger partial charge in [0.25, 0.3) is 0 Å². The van der Waals surface area contributed by atoms with Gasteiger partial charge in [-0.2, -0.15) is 0 Å². The Labute approximate surface area is 126 Å². The number of rotatable bonds is 3. The molecule has 0 spiro atoms. The van der Waals surface area contributed by atoms with Crippen LogP contribution in [0.2, 0.25) is 0 Å². The molecule has 0 aliphatic rings. The SMILES string of the molecule is C#C.c1ccc(N(c2ccccc2)c2ccccc2)cc1. The fraction of sp³-hybridized carbons (Fsp3) is 0. The minimum absolute atomic E-state index is 1.17. The van der Waals surface area contributed by atoms with Crippen LogP contribution in [0.15, 0.2) is 91.0 Å². The summed E-state index contributed by atoms with van der Waals surface area (Å²) < 4.78 is 0. The second kappa shape index (κ2) is 7.57. The van der Waals surface area contributed by atoms with Crippen molar-refractivity contribution in [2.45, 2.75) is 0 Å². The summed E-state index contributed by atoms with van der Waals surface area (Å²) in [5.41, 5.74) is 3.50. The first kappa shape index (κ1) is 14.4. The van der Waals surface area contributed by atoms with Gasteiger partial charge in [0.05, 0.1) is 0 Å².